The summed E-state index contributed by atoms with van der Waals surface area (Å²) in [6, 6.07) is 7.16. The fourth-order valence-electron chi connectivity index (χ4n) is 1.63. The van der Waals surface area contributed by atoms with Gasteiger partial charge < -0.3 is 10.6 Å². The Balaban J connectivity index is 1.55. The van der Waals surface area contributed by atoms with Gasteiger partial charge in [-0.3, -0.25) is 9.59 Å². The van der Waals surface area contributed by atoms with Crippen molar-refractivity contribution in [3.63, 3.8) is 0 Å². The maximum Gasteiger partial charge on any atom is 0.251 e. The summed E-state index contributed by atoms with van der Waals surface area (Å²) in [7, 11) is 0. The number of nitrogens with zero attached hydrogens (tertiary/aromatic N) is 2. The summed E-state index contributed by atoms with van der Waals surface area (Å²) in [5.41, 5.74) is 2.25. The molecule has 2 N–H and O–H groups in total. The number of halogens is 1. The standard InChI is InChI=1S/C14H15BrN4O2S2/c15-11-4-2-10(3-5-11)13(21)17-7-1-6-16-12(20)8-22-14-19-18-9-23-14/h2-5,9H,1,6-8H2,(H,16,20)(H,17,21). The van der Waals surface area contributed by atoms with Crippen LogP contribution >= 0.6 is 39.0 Å². The molecule has 1 aromatic carbocycles. The van der Waals surface area contributed by atoms with E-state index in [0.717, 1.165) is 8.81 Å². The lowest BCUT2D eigenvalue weighted by Gasteiger charge is -2.06. The molecule has 1 heterocycles. The first-order chi connectivity index (χ1) is 11.1. The number of thioether (sulfide) groups is 1. The molecule has 1 aromatic heterocycles. The molecular formula is C14H15BrN4O2S2. The highest BCUT2D eigenvalue weighted by Gasteiger charge is 2.06. The lowest BCUT2D eigenvalue weighted by atomic mass is 10.2. The van der Waals surface area contributed by atoms with Crippen molar-refractivity contribution in [1.29, 1.82) is 0 Å². The molecule has 0 fully saturated rings. The zero-order chi connectivity index (χ0) is 16.5. The van der Waals surface area contributed by atoms with Crippen molar-refractivity contribution in [2.24, 2.45) is 0 Å². The minimum absolute atomic E-state index is 0.0514. The van der Waals surface area contributed by atoms with Crippen LogP contribution in [-0.2, 0) is 4.79 Å². The van der Waals surface area contributed by atoms with E-state index in [1.807, 2.05) is 12.1 Å². The summed E-state index contributed by atoms with van der Waals surface area (Å²) in [6.45, 7) is 1.04. The molecule has 122 valence electrons. The molecule has 2 amide bonds. The van der Waals surface area contributed by atoms with Gasteiger partial charge in [0, 0.05) is 23.1 Å². The lowest BCUT2D eigenvalue weighted by Crippen LogP contribution is -2.30. The number of hydrogen-bond donors (Lipinski definition) is 2. The zero-order valence-corrected chi connectivity index (χ0v) is 15.3. The minimum Gasteiger partial charge on any atom is -0.355 e. The molecule has 2 rings (SSSR count). The van der Waals surface area contributed by atoms with Gasteiger partial charge in [0.1, 0.15) is 5.51 Å². The molecule has 0 spiro atoms. The van der Waals surface area contributed by atoms with E-state index >= 15 is 0 Å². The van der Waals surface area contributed by atoms with Crippen LogP contribution < -0.4 is 10.6 Å². The summed E-state index contributed by atoms with van der Waals surface area (Å²) in [5, 5.41) is 13.2. The third-order valence-electron chi connectivity index (χ3n) is 2.73. The van der Waals surface area contributed by atoms with Gasteiger partial charge in [0.2, 0.25) is 5.91 Å². The normalized spacial score (nSPS) is 10.3. The van der Waals surface area contributed by atoms with Crippen LogP contribution in [0.3, 0.4) is 0 Å². The predicted molar refractivity (Wildman–Crippen MR) is 94.7 cm³/mol. The van der Waals surface area contributed by atoms with Crippen molar-refractivity contribution < 1.29 is 9.59 Å². The van der Waals surface area contributed by atoms with E-state index in [1.165, 1.54) is 23.1 Å². The summed E-state index contributed by atoms with van der Waals surface area (Å²) < 4.78 is 1.71. The summed E-state index contributed by atoms with van der Waals surface area (Å²) in [6.07, 6.45) is 0.678. The van der Waals surface area contributed by atoms with E-state index in [-0.39, 0.29) is 11.8 Å². The molecular weight excluding hydrogens is 400 g/mol. The van der Waals surface area contributed by atoms with Crippen molar-refractivity contribution >= 4 is 50.8 Å². The number of benzene rings is 1. The van der Waals surface area contributed by atoms with E-state index in [1.54, 1.807) is 17.6 Å². The molecule has 0 saturated heterocycles. The number of carbonyl (C=O) groups is 2. The molecule has 0 aliphatic heterocycles. The highest BCUT2D eigenvalue weighted by atomic mass is 79.9. The fraction of sp³-hybridized carbons (Fsp3) is 0.286. The molecule has 2 aromatic rings. The second-order valence-corrected chi connectivity index (χ2v) is 7.43. The van der Waals surface area contributed by atoms with Gasteiger partial charge in [0.15, 0.2) is 4.34 Å². The third-order valence-corrected chi connectivity index (χ3v) is 5.12. The zero-order valence-electron chi connectivity index (χ0n) is 12.1. The van der Waals surface area contributed by atoms with Crippen molar-refractivity contribution in [2.75, 3.05) is 18.8 Å². The van der Waals surface area contributed by atoms with Crippen molar-refractivity contribution in [2.45, 2.75) is 10.8 Å². The first-order valence-corrected chi connectivity index (χ1v) is 9.50. The lowest BCUT2D eigenvalue weighted by molar-refractivity contribution is -0.118. The highest BCUT2D eigenvalue weighted by Crippen LogP contribution is 2.18. The molecule has 9 heteroatoms. The molecule has 6 nitrogen and oxygen atoms in total. The van der Waals surface area contributed by atoms with Crippen LogP contribution in [0, 0.1) is 0 Å². The second-order valence-electron chi connectivity index (χ2n) is 4.46. The predicted octanol–water partition coefficient (Wildman–Crippen LogP) is 2.33. The number of nitrogens with one attached hydrogen (secondary N) is 2. The monoisotopic (exact) mass is 414 g/mol. The molecule has 0 unspecified atom stereocenters. The topological polar surface area (TPSA) is 84.0 Å². The van der Waals surface area contributed by atoms with Crippen molar-refractivity contribution in [3.05, 3.63) is 39.8 Å². The smallest absolute Gasteiger partial charge is 0.251 e. The van der Waals surface area contributed by atoms with Crippen LogP contribution in [0.25, 0.3) is 0 Å². The molecule has 0 aliphatic carbocycles. The quantitative estimate of drug-likeness (QED) is 0.511. The fourth-order valence-corrected chi connectivity index (χ4v) is 3.21. The molecule has 0 aliphatic rings. The number of aromatic nitrogens is 2. The average molecular weight is 415 g/mol. The molecule has 0 bridgehead atoms. The van der Waals surface area contributed by atoms with Crippen molar-refractivity contribution in [3.8, 4) is 0 Å². The Hall–Kier alpha value is -1.45. The second kappa shape index (κ2) is 9.64. The van der Waals surface area contributed by atoms with E-state index in [4.69, 9.17) is 0 Å². The number of carbonyl (C=O) groups excluding carboxylic acids is 2. The number of rotatable bonds is 8. The first kappa shape index (κ1) is 17.9. The van der Waals surface area contributed by atoms with Gasteiger partial charge in [0.25, 0.3) is 5.91 Å². The molecule has 23 heavy (non-hydrogen) atoms. The van der Waals surface area contributed by atoms with E-state index < -0.39 is 0 Å². The van der Waals surface area contributed by atoms with E-state index in [2.05, 4.69) is 36.8 Å². The maximum atomic E-state index is 11.9. The highest BCUT2D eigenvalue weighted by molar-refractivity contribution is 9.10. The number of amides is 2. The Morgan fingerprint density at radius 1 is 1.17 bits per heavy atom. The minimum atomic E-state index is -0.115. The van der Waals surface area contributed by atoms with E-state index in [9.17, 15) is 9.59 Å². The Labute approximate surface area is 150 Å². The van der Waals surface area contributed by atoms with Gasteiger partial charge in [-0.15, -0.1) is 10.2 Å². The first-order valence-electron chi connectivity index (χ1n) is 6.84. The van der Waals surface area contributed by atoms with Crippen LogP contribution in [-0.4, -0.2) is 40.9 Å². The summed E-state index contributed by atoms with van der Waals surface area (Å²) >= 11 is 6.10. The molecule has 0 saturated carbocycles. The van der Waals surface area contributed by atoms with Gasteiger partial charge in [-0.25, -0.2) is 0 Å². The van der Waals surface area contributed by atoms with Crippen LogP contribution in [0.15, 0.2) is 38.6 Å². The van der Waals surface area contributed by atoms with Crippen LogP contribution in [0.2, 0.25) is 0 Å². The van der Waals surface area contributed by atoms with Gasteiger partial charge in [-0.05, 0) is 30.7 Å². The van der Waals surface area contributed by atoms with Crippen molar-refractivity contribution in [1.82, 2.24) is 20.8 Å². The summed E-state index contributed by atoms with van der Waals surface area (Å²) in [4.78, 5) is 23.5. The Morgan fingerprint density at radius 3 is 2.61 bits per heavy atom. The van der Waals surface area contributed by atoms with Gasteiger partial charge >= 0.3 is 0 Å². The molecule has 0 radical (unpaired) electrons. The summed E-state index contributed by atoms with van der Waals surface area (Å²) in [5.74, 6) is 0.153. The van der Waals surface area contributed by atoms with Crippen LogP contribution in [0.5, 0.6) is 0 Å². The van der Waals surface area contributed by atoms with Gasteiger partial charge in [-0.1, -0.05) is 39.0 Å². The average Bonchev–Trinajstić information content (AvgIpc) is 3.06. The maximum absolute atomic E-state index is 11.9. The Morgan fingerprint density at radius 2 is 1.91 bits per heavy atom. The van der Waals surface area contributed by atoms with Gasteiger partial charge in [-0.2, -0.15) is 0 Å². The SMILES string of the molecule is O=C(CSc1nncs1)NCCCNC(=O)c1ccc(Br)cc1. The number of hydrogen-bond acceptors (Lipinski definition) is 6. The largest absolute Gasteiger partial charge is 0.355 e. The van der Waals surface area contributed by atoms with Gasteiger partial charge in [0.05, 0.1) is 5.75 Å². The Bertz CT molecular complexity index is 635. The van der Waals surface area contributed by atoms with Crippen LogP contribution in [0.4, 0.5) is 0 Å². The van der Waals surface area contributed by atoms with Crippen LogP contribution in [0.1, 0.15) is 16.8 Å². The Kier molecular flexibility index (Phi) is 7.50. The molecule has 0 atom stereocenters. The van der Waals surface area contributed by atoms with E-state index in [0.29, 0.717) is 30.8 Å². The third kappa shape index (κ3) is 6.67.